The van der Waals surface area contributed by atoms with Crippen LogP contribution in [-0.4, -0.2) is 35.4 Å². The fourth-order valence-corrected chi connectivity index (χ4v) is 4.40. The van der Waals surface area contributed by atoms with Crippen molar-refractivity contribution in [2.75, 3.05) is 13.7 Å². The molecular weight excluding hydrogens is 452 g/mol. The van der Waals surface area contributed by atoms with Gasteiger partial charge in [-0.2, -0.15) is 0 Å². The van der Waals surface area contributed by atoms with Gasteiger partial charge in [0.05, 0.1) is 6.42 Å². The van der Waals surface area contributed by atoms with E-state index in [1.807, 2.05) is 37.3 Å². The summed E-state index contributed by atoms with van der Waals surface area (Å²) in [6.45, 7) is 3.06. The summed E-state index contributed by atoms with van der Waals surface area (Å²) in [5, 5.41) is 2.97. The molecule has 1 atom stereocenters. The Hall–Kier alpha value is -3.65. The Kier molecular flexibility index (Phi) is 7.51. The summed E-state index contributed by atoms with van der Waals surface area (Å²) >= 11 is 0. The summed E-state index contributed by atoms with van der Waals surface area (Å²) in [6.07, 6.45) is 1.65. The lowest BCUT2D eigenvalue weighted by Crippen LogP contribution is -2.38. The number of hydrogen-bond acceptors (Lipinski definition) is 4. The first-order valence-electron chi connectivity index (χ1n) is 11.4. The molecule has 3 aromatic rings. The third kappa shape index (κ3) is 5.54. The van der Waals surface area contributed by atoms with Crippen molar-refractivity contribution in [3.8, 4) is 0 Å². The monoisotopic (exact) mass is 479 g/mol. The molecule has 4 rings (SSSR count). The van der Waals surface area contributed by atoms with E-state index in [1.54, 1.807) is 11.1 Å². The standard InChI is InChI=1S/C27H27F2N3O3/c1-17-22(15-31-27(34)26(35-2)19-6-4-3-5-7-19)21-10-11-32(16-20(21)14-30-17)25(33)13-18-8-9-23(28)24(29)12-18/h3-9,12,14,26H,10-11,13,15-16H2,1-2H3,(H,31,34)/t26-/m1/s1. The fourth-order valence-electron chi connectivity index (χ4n) is 4.40. The van der Waals surface area contributed by atoms with Crippen molar-refractivity contribution < 1.29 is 23.1 Å². The molecule has 35 heavy (non-hydrogen) atoms. The highest BCUT2D eigenvalue weighted by Crippen LogP contribution is 2.25. The number of benzene rings is 2. The van der Waals surface area contributed by atoms with Gasteiger partial charge in [-0.3, -0.25) is 14.6 Å². The topological polar surface area (TPSA) is 71.5 Å². The summed E-state index contributed by atoms with van der Waals surface area (Å²) in [5.41, 5.74) is 4.94. The van der Waals surface area contributed by atoms with Crippen molar-refractivity contribution in [1.82, 2.24) is 15.2 Å². The van der Waals surface area contributed by atoms with Crippen molar-refractivity contribution in [3.63, 3.8) is 0 Å². The predicted molar refractivity (Wildman–Crippen MR) is 126 cm³/mol. The van der Waals surface area contributed by atoms with E-state index in [-0.39, 0.29) is 18.2 Å². The number of nitrogens with zero attached hydrogens (tertiary/aromatic N) is 2. The number of ether oxygens (including phenoxy) is 1. The molecule has 2 heterocycles. The summed E-state index contributed by atoms with van der Waals surface area (Å²) in [5.74, 6) is -2.30. The highest BCUT2D eigenvalue weighted by molar-refractivity contribution is 5.82. The van der Waals surface area contributed by atoms with E-state index in [0.717, 1.165) is 40.1 Å². The minimum Gasteiger partial charge on any atom is -0.367 e. The van der Waals surface area contributed by atoms with Gasteiger partial charge in [-0.15, -0.1) is 0 Å². The quantitative estimate of drug-likeness (QED) is 0.560. The van der Waals surface area contributed by atoms with E-state index in [2.05, 4.69) is 10.3 Å². The molecule has 1 aliphatic heterocycles. The molecule has 0 unspecified atom stereocenters. The number of nitrogens with one attached hydrogen (secondary N) is 1. The summed E-state index contributed by atoms with van der Waals surface area (Å²) in [4.78, 5) is 31.8. The van der Waals surface area contributed by atoms with Crippen LogP contribution >= 0.6 is 0 Å². The second-order valence-corrected chi connectivity index (χ2v) is 8.56. The fraction of sp³-hybridized carbons (Fsp3) is 0.296. The molecule has 1 aliphatic rings. The van der Waals surface area contributed by atoms with Crippen molar-refractivity contribution >= 4 is 11.8 Å². The van der Waals surface area contributed by atoms with E-state index < -0.39 is 17.7 Å². The molecule has 2 aromatic carbocycles. The molecule has 0 radical (unpaired) electrons. The molecule has 0 bridgehead atoms. The first kappa shape index (κ1) is 24.5. The predicted octanol–water partition coefficient (Wildman–Crippen LogP) is 3.80. The van der Waals surface area contributed by atoms with Crippen LogP contribution in [0.15, 0.2) is 54.7 Å². The summed E-state index contributed by atoms with van der Waals surface area (Å²) < 4.78 is 32.1. The van der Waals surface area contributed by atoms with Gasteiger partial charge in [-0.1, -0.05) is 36.4 Å². The Balaban J connectivity index is 1.44. The van der Waals surface area contributed by atoms with Gasteiger partial charge in [-0.25, -0.2) is 8.78 Å². The number of amides is 2. The Bertz CT molecular complexity index is 1230. The maximum atomic E-state index is 13.5. The van der Waals surface area contributed by atoms with Gasteiger partial charge in [0.15, 0.2) is 17.7 Å². The van der Waals surface area contributed by atoms with Gasteiger partial charge >= 0.3 is 0 Å². The van der Waals surface area contributed by atoms with E-state index in [0.29, 0.717) is 31.6 Å². The van der Waals surface area contributed by atoms with Gasteiger partial charge in [0.2, 0.25) is 5.91 Å². The van der Waals surface area contributed by atoms with Crippen LogP contribution in [0.4, 0.5) is 8.78 Å². The molecule has 6 nitrogen and oxygen atoms in total. The minimum absolute atomic E-state index is 0.00731. The van der Waals surface area contributed by atoms with Crippen LogP contribution in [0.3, 0.4) is 0 Å². The van der Waals surface area contributed by atoms with Crippen LogP contribution in [0.2, 0.25) is 0 Å². The molecule has 8 heteroatoms. The zero-order chi connectivity index (χ0) is 24.9. The molecule has 2 amide bonds. The molecule has 0 saturated carbocycles. The highest BCUT2D eigenvalue weighted by Gasteiger charge is 2.25. The lowest BCUT2D eigenvalue weighted by atomic mass is 9.94. The van der Waals surface area contributed by atoms with Crippen molar-refractivity contribution in [2.45, 2.75) is 39.0 Å². The molecule has 182 valence electrons. The minimum atomic E-state index is -0.964. The summed E-state index contributed by atoms with van der Waals surface area (Å²) in [7, 11) is 1.50. The number of hydrogen-bond donors (Lipinski definition) is 1. The average molecular weight is 480 g/mol. The smallest absolute Gasteiger partial charge is 0.254 e. The van der Waals surface area contributed by atoms with Gasteiger partial charge in [-0.05, 0) is 53.3 Å². The number of halogens is 2. The number of aryl methyl sites for hydroxylation is 1. The third-order valence-electron chi connectivity index (χ3n) is 6.30. The second kappa shape index (κ2) is 10.7. The van der Waals surface area contributed by atoms with E-state index >= 15 is 0 Å². The normalized spacial score (nSPS) is 13.8. The zero-order valence-corrected chi connectivity index (χ0v) is 19.7. The Labute approximate surface area is 202 Å². The van der Waals surface area contributed by atoms with E-state index in [4.69, 9.17) is 4.74 Å². The molecule has 0 fully saturated rings. The van der Waals surface area contributed by atoms with E-state index in [1.165, 1.54) is 13.2 Å². The molecule has 0 aliphatic carbocycles. The largest absolute Gasteiger partial charge is 0.367 e. The number of carbonyl (C=O) groups is 2. The number of fused-ring (bicyclic) bond motifs is 1. The van der Waals surface area contributed by atoms with Crippen molar-refractivity contribution in [1.29, 1.82) is 0 Å². The van der Waals surface area contributed by atoms with Crippen molar-refractivity contribution in [3.05, 3.63) is 99.9 Å². The first-order chi connectivity index (χ1) is 16.9. The van der Waals surface area contributed by atoms with Crippen LogP contribution in [-0.2, 0) is 40.3 Å². The lowest BCUT2D eigenvalue weighted by molar-refractivity contribution is -0.132. The SMILES string of the molecule is CO[C@@H](C(=O)NCc1c(C)ncc2c1CCN(C(=O)Cc1ccc(F)c(F)c1)C2)c1ccccc1. The number of aromatic nitrogens is 1. The average Bonchev–Trinajstić information content (AvgIpc) is 2.86. The van der Waals surface area contributed by atoms with Crippen LogP contribution in [0, 0.1) is 18.6 Å². The number of pyridine rings is 1. The second-order valence-electron chi connectivity index (χ2n) is 8.56. The zero-order valence-electron chi connectivity index (χ0n) is 19.7. The molecule has 1 aromatic heterocycles. The maximum Gasteiger partial charge on any atom is 0.254 e. The number of rotatable bonds is 7. The van der Waals surface area contributed by atoms with Crippen molar-refractivity contribution in [2.24, 2.45) is 0 Å². The first-order valence-corrected chi connectivity index (χ1v) is 11.4. The maximum absolute atomic E-state index is 13.5. The molecule has 0 saturated heterocycles. The van der Waals surface area contributed by atoms with Crippen LogP contribution in [0.1, 0.15) is 39.6 Å². The molecule has 1 N–H and O–H groups in total. The summed E-state index contributed by atoms with van der Waals surface area (Å²) in [6, 6.07) is 12.8. The van der Waals surface area contributed by atoms with Crippen LogP contribution in [0.5, 0.6) is 0 Å². The Morgan fingerprint density at radius 1 is 1.14 bits per heavy atom. The Morgan fingerprint density at radius 2 is 1.91 bits per heavy atom. The van der Waals surface area contributed by atoms with Gasteiger partial charge < -0.3 is 15.0 Å². The molecule has 0 spiro atoms. The van der Waals surface area contributed by atoms with Gasteiger partial charge in [0.25, 0.3) is 5.91 Å². The van der Waals surface area contributed by atoms with Crippen LogP contribution < -0.4 is 5.32 Å². The molecular formula is C27H27F2N3O3. The number of carbonyl (C=O) groups excluding carboxylic acids is 2. The Morgan fingerprint density at radius 3 is 2.63 bits per heavy atom. The third-order valence-corrected chi connectivity index (χ3v) is 6.30. The van der Waals surface area contributed by atoms with Crippen LogP contribution in [0.25, 0.3) is 0 Å². The van der Waals surface area contributed by atoms with Gasteiger partial charge in [0, 0.05) is 38.6 Å². The van der Waals surface area contributed by atoms with Gasteiger partial charge in [0.1, 0.15) is 0 Å². The number of methoxy groups -OCH3 is 1. The lowest BCUT2D eigenvalue weighted by Gasteiger charge is -2.31. The van der Waals surface area contributed by atoms with E-state index in [9.17, 15) is 18.4 Å². The highest BCUT2D eigenvalue weighted by atomic mass is 19.2.